The molecule has 7 aliphatic rings. The largest absolute Gasteiger partial charge is 0.394 e. The normalized spacial score (nSPS) is 51.8. The fourth-order valence-electron chi connectivity index (χ4n) is 10.6. The van der Waals surface area contributed by atoms with E-state index in [9.17, 15) is 102 Å². The first-order chi connectivity index (χ1) is 38.2. The lowest BCUT2D eigenvalue weighted by atomic mass is 9.93. The lowest BCUT2D eigenvalue weighted by molar-refractivity contribution is -0.401. The average Bonchev–Trinajstić information content (AvgIpc) is 3.57. The molecule has 0 bridgehead atoms. The third-order valence-corrected chi connectivity index (χ3v) is 15.2. The van der Waals surface area contributed by atoms with Gasteiger partial charge in [0.15, 0.2) is 44.0 Å². The molecule has 7 aliphatic heterocycles. The van der Waals surface area contributed by atoms with Crippen LogP contribution < -0.4 is 10.6 Å². The van der Waals surface area contributed by atoms with E-state index in [1.54, 1.807) is 0 Å². The van der Waals surface area contributed by atoms with E-state index >= 15 is 0 Å². The van der Waals surface area contributed by atoms with Crippen LogP contribution in [0.5, 0.6) is 0 Å². The maximum Gasteiger partial charge on any atom is 0.217 e. The number of amides is 2. The molecule has 0 radical (unpaired) electrons. The molecule has 0 aromatic carbocycles. The van der Waals surface area contributed by atoms with E-state index in [0.717, 1.165) is 13.8 Å². The number of rotatable bonds is 18. The minimum Gasteiger partial charge on any atom is -0.394 e. The van der Waals surface area contributed by atoms with E-state index in [4.69, 9.17) is 61.6 Å². The third kappa shape index (κ3) is 14.1. The number of ether oxygens (including phenoxy) is 13. The molecule has 7 saturated heterocycles. The minimum absolute atomic E-state index is 0.793. The summed E-state index contributed by atoms with van der Waals surface area (Å²) in [6.45, 7) is 1.71. The van der Waals surface area contributed by atoms with Gasteiger partial charge in [0, 0.05) is 13.8 Å². The van der Waals surface area contributed by atoms with Crippen molar-refractivity contribution in [2.45, 2.75) is 249 Å². The van der Waals surface area contributed by atoms with Gasteiger partial charge in [-0.15, -0.1) is 0 Å². The Morgan fingerprint density at radius 3 is 1.10 bits per heavy atom. The van der Waals surface area contributed by atoms with Gasteiger partial charge in [0.2, 0.25) is 11.8 Å². The smallest absolute Gasteiger partial charge is 0.217 e. The van der Waals surface area contributed by atoms with E-state index in [0.29, 0.717) is 0 Å². The van der Waals surface area contributed by atoms with Crippen LogP contribution in [0, 0.1) is 0 Å². The van der Waals surface area contributed by atoms with Crippen molar-refractivity contribution in [3.63, 3.8) is 0 Å². The molecule has 0 aromatic heterocycles. The molecule has 7 heterocycles. The van der Waals surface area contributed by atoms with Crippen molar-refractivity contribution in [1.82, 2.24) is 10.6 Å². The van der Waals surface area contributed by atoms with Crippen LogP contribution in [0.3, 0.4) is 0 Å². The molecular weight excluding hydrogens is 1110 g/mol. The second-order valence-electron chi connectivity index (χ2n) is 21.0. The fraction of sp³-hybridized carbons (Fsp3) is 0.957. The summed E-state index contributed by atoms with van der Waals surface area (Å²) < 4.78 is 77.2. The first-order valence-corrected chi connectivity index (χ1v) is 26.2. The SMILES string of the molecule is CC(=O)NC1[C@H](OC2C(O)[C@@H](O[C@H]3C(CO)O[C@@H](O)C(NC(C)=O)[C@H]3O[C@@H]3OC(C)[C@H](O)[C@@H](O)C3O)O[C@H](CO)[C@H]2O)OC(CO)[C@H](O[C@H]2O[C@H](CO)[C@@H](O)C(O)C2O[C@H]2O[C@@H](C)[C@@H](O)C(O)C2O)[C@@H]1O[C@@H]1OC(C)[C@H](O)[C@@H](O)C1O. The van der Waals surface area contributed by atoms with Gasteiger partial charge in [-0.25, -0.2) is 0 Å². The van der Waals surface area contributed by atoms with Crippen molar-refractivity contribution in [1.29, 1.82) is 0 Å². The number of aliphatic hydroxyl groups excluding tert-OH is 18. The number of nitrogens with one attached hydrogen (secondary N) is 2. The highest BCUT2D eigenvalue weighted by Crippen LogP contribution is 2.39. The van der Waals surface area contributed by atoms with E-state index in [-0.39, 0.29) is 0 Å². The van der Waals surface area contributed by atoms with Gasteiger partial charge in [-0.3, -0.25) is 9.59 Å². The summed E-state index contributed by atoms with van der Waals surface area (Å²) in [5, 5.41) is 201. The quantitative estimate of drug-likeness (QED) is 0.0606. The zero-order valence-electron chi connectivity index (χ0n) is 44.2. The molecule has 0 spiro atoms. The number of carbonyl (C=O) groups excluding carboxylic acids is 2. The summed E-state index contributed by atoms with van der Waals surface area (Å²) in [4.78, 5) is 25.8. The van der Waals surface area contributed by atoms with Crippen LogP contribution in [0.15, 0.2) is 0 Å². The molecule has 2 amide bonds. The molecule has 20 N–H and O–H groups in total. The van der Waals surface area contributed by atoms with Gasteiger partial charge >= 0.3 is 0 Å². The maximum atomic E-state index is 13.3. The molecule has 470 valence electrons. The Bertz CT molecular complexity index is 2010. The van der Waals surface area contributed by atoms with E-state index in [1.807, 2.05) is 0 Å². The zero-order valence-corrected chi connectivity index (χ0v) is 44.2. The Kier molecular flexibility index (Phi) is 22.9. The second-order valence-corrected chi connectivity index (χ2v) is 21.0. The van der Waals surface area contributed by atoms with Crippen LogP contribution in [0.1, 0.15) is 34.6 Å². The van der Waals surface area contributed by atoms with Gasteiger partial charge in [-0.05, 0) is 20.8 Å². The molecule has 35 heteroatoms. The molecule has 14 unspecified atom stereocenters. The number of hydrogen-bond donors (Lipinski definition) is 20. The van der Waals surface area contributed by atoms with Gasteiger partial charge in [-0.2, -0.15) is 0 Å². The van der Waals surface area contributed by atoms with E-state index in [2.05, 4.69) is 10.6 Å². The van der Waals surface area contributed by atoms with Gasteiger partial charge < -0.3 is 164 Å². The van der Waals surface area contributed by atoms with Crippen LogP contribution in [0.2, 0.25) is 0 Å². The highest BCUT2D eigenvalue weighted by Gasteiger charge is 2.60. The highest BCUT2D eigenvalue weighted by atomic mass is 16.8. The van der Waals surface area contributed by atoms with Crippen molar-refractivity contribution >= 4 is 11.8 Å². The predicted molar refractivity (Wildman–Crippen MR) is 251 cm³/mol. The predicted octanol–water partition coefficient (Wildman–Crippen LogP) is -12.9. The molecule has 7 fully saturated rings. The minimum atomic E-state index is -2.30. The molecular formula is C46H78N2O33. The molecule has 0 saturated carbocycles. The van der Waals surface area contributed by atoms with Crippen molar-refractivity contribution in [2.24, 2.45) is 0 Å². The lowest BCUT2D eigenvalue weighted by Crippen LogP contribution is -2.72. The van der Waals surface area contributed by atoms with E-state index in [1.165, 1.54) is 20.8 Å². The van der Waals surface area contributed by atoms with Crippen LogP contribution in [-0.2, 0) is 71.2 Å². The van der Waals surface area contributed by atoms with Crippen molar-refractivity contribution in [3.8, 4) is 0 Å². The van der Waals surface area contributed by atoms with Gasteiger partial charge in [0.1, 0.15) is 152 Å². The van der Waals surface area contributed by atoms with E-state index < -0.39 is 253 Å². The second kappa shape index (κ2) is 28.0. The Morgan fingerprint density at radius 1 is 0.321 bits per heavy atom. The topological polar surface area (TPSA) is 542 Å². The molecule has 0 aromatic rings. The van der Waals surface area contributed by atoms with Crippen LogP contribution in [0.25, 0.3) is 0 Å². The Balaban J connectivity index is 1.24. The van der Waals surface area contributed by atoms with Crippen molar-refractivity contribution < 1.29 is 163 Å². The number of hydrogen-bond acceptors (Lipinski definition) is 33. The van der Waals surface area contributed by atoms with Gasteiger partial charge in [-0.1, -0.05) is 0 Å². The maximum absolute atomic E-state index is 13.3. The lowest BCUT2D eigenvalue weighted by Gasteiger charge is -2.52. The first kappa shape index (κ1) is 66.2. The molecule has 0 aliphatic carbocycles. The standard InChI is InChI=1S/C46H78N2O33/c1-10-21(55)26(60)30(64)42(69-10)78-36-19(47-13(4)53)40(68)72-17(8-51)34(36)76-45-33(67)38(25(59)16(7-50)73-45)80-41-20(48-14(5)54)37(79-43-31(65)27(61)22(56)11(2)70-43)35(18(9-52)75-41)77-46-39(29(63)24(58)15(6-49)74-46)81-44-32(66)28(62)23(57)12(3)71-44/h10-12,15-46,49-52,55-68H,6-9H2,1-5H3,(H,47,53)(H,48,54)/t10?,11?,12-,15+,16+,17?,18?,19?,20?,21-,22-,23+,24+,25+,26+,27+,28?,29?,30?,31?,32?,33?,34-,35-,36+,37+,38?,39?,40+,41-,42-,43-,44+,45+,46+/m0/s1. The van der Waals surface area contributed by atoms with Crippen LogP contribution >= 0.6 is 0 Å². The monoisotopic (exact) mass is 1190 g/mol. The molecule has 7 rings (SSSR count). The van der Waals surface area contributed by atoms with Gasteiger partial charge in [0.05, 0.1) is 44.7 Å². The fourth-order valence-corrected chi connectivity index (χ4v) is 10.6. The summed E-state index contributed by atoms with van der Waals surface area (Å²) in [6.07, 6.45) is -61.9. The Morgan fingerprint density at radius 2 is 0.654 bits per heavy atom. The third-order valence-electron chi connectivity index (χ3n) is 15.2. The number of carbonyl (C=O) groups is 2. The van der Waals surface area contributed by atoms with Crippen LogP contribution in [-0.4, -0.2) is 345 Å². The first-order valence-electron chi connectivity index (χ1n) is 26.2. The van der Waals surface area contributed by atoms with Crippen molar-refractivity contribution in [3.05, 3.63) is 0 Å². The van der Waals surface area contributed by atoms with Crippen LogP contribution in [0.4, 0.5) is 0 Å². The summed E-state index contributed by atoms with van der Waals surface area (Å²) in [6, 6.07) is -3.58. The average molecular weight is 1190 g/mol. The van der Waals surface area contributed by atoms with Crippen molar-refractivity contribution in [2.75, 3.05) is 26.4 Å². The summed E-state index contributed by atoms with van der Waals surface area (Å²) in [5.74, 6) is -1.72. The molecule has 35 atom stereocenters. The Labute approximate surface area is 460 Å². The highest BCUT2D eigenvalue weighted by molar-refractivity contribution is 5.73. The molecule has 81 heavy (non-hydrogen) atoms. The summed E-state index contributed by atoms with van der Waals surface area (Å²) in [5.41, 5.74) is 0. The molecule has 35 nitrogen and oxygen atoms in total. The Hall–Kier alpha value is -2.30. The number of aliphatic hydroxyl groups is 18. The zero-order chi connectivity index (χ0) is 59.8. The summed E-state index contributed by atoms with van der Waals surface area (Å²) >= 11 is 0. The van der Waals surface area contributed by atoms with Gasteiger partial charge in [0.25, 0.3) is 0 Å². The summed E-state index contributed by atoms with van der Waals surface area (Å²) in [7, 11) is 0.